The molecule has 0 saturated carbocycles. The summed E-state index contributed by atoms with van der Waals surface area (Å²) < 4.78 is 37.3. The highest BCUT2D eigenvalue weighted by atomic mass is 35.5. The molecule has 0 bridgehead atoms. The Bertz CT molecular complexity index is 518. The molecule has 0 fully saturated rings. The SMILES string of the molecule is Nc1nn(C(F)(F)F)c2cccc(Cl)c12. The molecule has 1 heterocycles. The van der Waals surface area contributed by atoms with Crippen molar-refractivity contribution in [1.29, 1.82) is 0 Å². The van der Waals surface area contributed by atoms with Gasteiger partial charge in [-0.05, 0) is 12.1 Å². The second-order valence-electron chi connectivity index (χ2n) is 2.90. The summed E-state index contributed by atoms with van der Waals surface area (Å²) in [5.41, 5.74) is 5.21. The maximum absolute atomic E-state index is 12.5. The molecule has 0 spiro atoms. The maximum Gasteiger partial charge on any atom is 0.505 e. The molecule has 80 valence electrons. The van der Waals surface area contributed by atoms with E-state index in [-0.39, 0.29) is 26.4 Å². The Labute approximate surface area is 87.2 Å². The third-order valence-corrected chi connectivity index (χ3v) is 2.24. The van der Waals surface area contributed by atoms with Gasteiger partial charge in [-0.15, -0.1) is 18.3 Å². The molecule has 1 aromatic carbocycles. The number of hydrogen-bond donors (Lipinski definition) is 1. The summed E-state index contributed by atoms with van der Waals surface area (Å²) in [7, 11) is 0. The number of halogens is 4. The molecule has 2 aromatic rings. The van der Waals surface area contributed by atoms with Crippen LogP contribution < -0.4 is 5.73 Å². The van der Waals surface area contributed by atoms with E-state index in [2.05, 4.69) is 5.10 Å². The summed E-state index contributed by atoms with van der Waals surface area (Å²) in [5.74, 6) is -0.229. The van der Waals surface area contributed by atoms with Gasteiger partial charge in [-0.25, -0.2) is 0 Å². The van der Waals surface area contributed by atoms with Crippen LogP contribution in [0.4, 0.5) is 19.0 Å². The second kappa shape index (κ2) is 3.03. The Balaban J connectivity index is 2.85. The van der Waals surface area contributed by atoms with Crippen molar-refractivity contribution in [3.63, 3.8) is 0 Å². The van der Waals surface area contributed by atoms with Gasteiger partial charge in [0.05, 0.1) is 15.9 Å². The number of nitrogen functional groups attached to an aromatic ring is 1. The van der Waals surface area contributed by atoms with Gasteiger partial charge in [0.2, 0.25) is 0 Å². The number of fused-ring (bicyclic) bond motifs is 1. The Morgan fingerprint density at radius 1 is 1.33 bits per heavy atom. The lowest BCUT2D eigenvalue weighted by atomic mass is 10.2. The van der Waals surface area contributed by atoms with Crippen LogP contribution in [0, 0.1) is 0 Å². The first-order valence-corrected chi connectivity index (χ1v) is 4.29. The number of nitrogens with two attached hydrogens (primary N) is 1. The molecule has 2 rings (SSSR count). The minimum Gasteiger partial charge on any atom is -0.382 e. The van der Waals surface area contributed by atoms with Gasteiger partial charge < -0.3 is 5.73 Å². The molecule has 7 heteroatoms. The van der Waals surface area contributed by atoms with Gasteiger partial charge in [0.1, 0.15) is 0 Å². The van der Waals surface area contributed by atoms with Crippen LogP contribution in [0.25, 0.3) is 10.9 Å². The van der Waals surface area contributed by atoms with E-state index < -0.39 is 6.30 Å². The molecular formula is C8H5ClF3N3. The summed E-state index contributed by atoms with van der Waals surface area (Å²) in [6.45, 7) is 0. The average Bonchev–Trinajstić information content (AvgIpc) is 2.44. The lowest BCUT2D eigenvalue weighted by molar-refractivity contribution is -0.208. The predicted molar refractivity (Wildman–Crippen MR) is 50.5 cm³/mol. The summed E-state index contributed by atoms with van der Waals surface area (Å²) >= 11 is 5.73. The maximum atomic E-state index is 12.5. The Kier molecular flexibility index (Phi) is 2.04. The fourth-order valence-corrected chi connectivity index (χ4v) is 1.61. The van der Waals surface area contributed by atoms with E-state index >= 15 is 0 Å². The van der Waals surface area contributed by atoms with Crippen LogP contribution in [0.5, 0.6) is 0 Å². The van der Waals surface area contributed by atoms with Crippen LogP contribution in [-0.2, 0) is 6.30 Å². The number of aromatic nitrogens is 2. The first kappa shape index (κ1) is 10.1. The molecule has 0 aliphatic carbocycles. The number of alkyl halides is 3. The zero-order valence-corrected chi connectivity index (χ0v) is 7.97. The van der Waals surface area contributed by atoms with Crippen molar-refractivity contribution in [3.05, 3.63) is 23.2 Å². The van der Waals surface area contributed by atoms with Crippen LogP contribution in [0.2, 0.25) is 5.02 Å². The van der Waals surface area contributed by atoms with Crippen molar-refractivity contribution >= 4 is 28.3 Å². The van der Waals surface area contributed by atoms with Gasteiger partial charge in [0.25, 0.3) is 0 Å². The average molecular weight is 236 g/mol. The molecule has 0 aliphatic rings. The topological polar surface area (TPSA) is 43.8 Å². The molecule has 0 atom stereocenters. The van der Waals surface area contributed by atoms with E-state index in [1.807, 2.05) is 0 Å². The third kappa shape index (κ3) is 1.50. The van der Waals surface area contributed by atoms with Gasteiger partial charge in [-0.2, -0.15) is 4.68 Å². The van der Waals surface area contributed by atoms with Crippen molar-refractivity contribution in [2.75, 3.05) is 5.73 Å². The zero-order valence-electron chi connectivity index (χ0n) is 7.22. The Morgan fingerprint density at radius 2 is 2.00 bits per heavy atom. The highest BCUT2D eigenvalue weighted by molar-refractivity contribution is 6.36. The molecule has 0 radical (unpaired) electrons. The number of nitrogens with zero attached hydrogens (tertiary/aromatic N) is 2. The normalized spacial score (nSPS) is 12.3. The van der Waals surface area contributed by atoms with Crippen LogP contribution >= 0.6 is 11.6 Å². The van der Waals surface area contributed by atoms with Crippen molar-refractivity contribution in [3.8, 4) is 0 Å². The fourth-order valence-electron chi connectivity index (χ4n) is 1.35. The largest absolute Gasteiger partial charge is 0.505 e. The van der Waals surface area contributed by atoms with Gasteiger partial charge in [0, 0.05) is 0 Å². The van der Waals surface area contributed by atoms with Crippen LogP contribution in [0.1, 0.15) is 0 Å². The molecule has 0 aliphatic heterocycles. The minimum atomic E-state index is -4.60. The molecular weight excluding hydrogens is 231 g/mol. The lowest BCUT2D eigenvalue weighted by Gasteiger charge is -2.06. The second-order valence-corrected chi connectivity index (χ2v) is 3.31. The van der Waals surface area contributed by atoms with Crippen LogP contribution in [0.3, 0.4) is 0 Å². The van der Waals surface area contributed by atoms with Gasteiger partial charge in [-0.3, -0.25) is 0 Å². The highest BCUT2D eigenvalue weighted by Crippen LogP contribution is 2.33. The zero-order chi connectivity index (χ0) is 11.2. The van der Waals surface area contributed by atoms with Crippen molar-refractivity contribution < 1.29 is 13.2 Å². The lowest BCUT2D eigenvalue weighted by Crippen LogP contribution is -2.18. The molecule has 3 nitrogen and oxygen atoms in total. The fraction of sp³-hybridized carbons (Fsp3) is 0.125. The first-order chi connectivity index (χ1) is 6.91. The molecule has 0 amide bonds. The molecule has 15 heavy (non-hydrogen) atoms. The van der Waals surface area contributed by atoms with E-state index in [4.69, 9.17) is 17.3 Å². The Morgan fingerprint density at radius 3 is 2.60 bits per heavy atom. The number of benzene rings is 1. The molecule has 0 unspecified atom stereocenters. The van der Waals surface area contributed by atoms with Crippen molar-refractivity contribution in [2.24, 2.45) is 0 Å². The van der Waals surface area contributed by atoms with Crippen molar-refractivity contribution in [1.82, 2.24) is 9.78 Å². The van der Waals surface area contributed by atoms with E-state index in [1.54, 1.807) is 0 Å². The molecule has 2 N–H and O–H groups in total. The van der Waals surface area contributed by atoms with Gasteiger partial charge in [-0.1, -0.05) is 17.7 Å². The molecule has 0 saturated heterocycles. The van der Waals surface area contributed by atoms with Crippen LogP contribution in [-0.4, -0.2) is 9.78 Å². The van der Waals surface area contributed by atoms with E-state index in [0.717, 1.165) is 0 Å². The van der Waals surface area contributed by atoms with Crippen LogP contribution in [0.15, 0.2) is 18.2 Å². The monoisotopic (exact) mass is 235 g/mol. The van der Waals surface area contributed by atoms with Gasteiger partial charge >= 0.3 is 6.30 Å². The number of rotatable bonds is 0. The third-order valence-electron chi connectivity index (χ3n) is 1.92. The predicted octanol–water partition coefficient (Wildman–Crippen LogP) is 2.75. The number of anilines is 1. The summed E-state index contributed by atoms with van der Waals surface area (Å²) in [5, 5.41) is 3.48. The van der Waals surface area contributed by atoms with E-state index in [0.29, 0.717) is 0 Å². The van der Waals surface area contributed by atoms with Crippen molar-refractivity contribution in [2.45, 2.75) is 6.30 Å². The summed E-state index contributed by atoms with van der Waals surface area (Å²) in [6.07, 6.45) is -4.60. The summed E-state index contributed by atoms with van der Waals surface area (Å²) in [6, 6.07) is 4.13. The van der Waals surface area contributed by atoms with Gasteiger partial charge in [0.15, 0.2) is 5.82 Å². The quantitative estimate of drug-likeness (QED) is 0.763. The van der Waals surface area contributed by atoms with E-state index in [1.165, 1.54) is 18.2 Å². The number of hydrogen-bond acceptors (Lipinski definition) is 2. The standard InChI is InChI=1S/C8H5ClF3N3/c9-4-2-1-3-5-6(4)7(13)14-15(5)8(10,11)12/h1-3H,(H2,13,14). The highest BCUT2D eigenvalue weighted by Gasteiger charge is 2.34. The van der Waals surface area contributed by atoms with E-state index in [9.17, 15) is 13.2 Å². The Hall–Kier alpha value is -1.43. The molecule has 1 aromatic heterocycles. The smallest absolute Gasteiger partial charge is 0.382 e. The first-order valence-electron chi connectivity index (χ1n) is 3.91. The summed E-state index contributed by atoms with van der Waals surface area (Å²) in [4.78, 5) is 0. The minimum absolute atomic E-state index is 0.0937.